The topological polar surface area (TPSA) is 60.9 Å². The molecule has 2 unspecified atom stereocenters. The van der Waals surface area contributed by atoms with Crippen LogP contribution >= 0.6 is 0 Å². The summed E-state index contributed by atoms with van der Waals surface area (Å²) in [6.07, 6.45) is 1.28. The Morgan fingerprint density at radius 1 is 0.923 bits per heavy atom. The number of rotatable bonds is 3. The number of benzene rings is 2. The highest BCUT2D eigenvalue weighted by Crippen LogP contribution is 2.33. The summed E-state index contributed by atoms with van der Waals surface area (Å²) >= 11 is 0. The number of amides is 1. The molecule has 0 bridgehead atoms. The summed E-state index contributed by atoms with van der Waals surface area (Å²) in [6.45, 7) is 1.78. The molecule has 5 nitrogen and oxygen atoms in total. The van der Waals surface area contributed by atoms with Gasteiger partial charge in [0.1, 0.15) is 0 Å². The highest BCUT2D eigenvalue weighted by molar-refractivity contribution is 5.97. The van der Waals surface area contributed by atoms with E-state index in [2.05, 4.69) is 17.0 Å². The van der Waals surface area contributed by atoms with Crippen LogP contribution in [0.5, 0.6) is 0 Å². The molecule has 0 radical (unpaired) electrons. The Bertz CT molecular complexity index is 821. The van der Waals surface area contributed by atoms with E-state index in [-0.39, 0.29) is 18.4 Å². The van der Waals surface area contributed by atoms with E-state index in [1.165, 1.54) is 0 Å². The summed E-state index contributed by atoms with van der Waals surface area (Å²) in [5.74, 6) is -1.44. The van der Waals surface area contributed by atoms with Crippen molar-refractivity contribution in [1.82, 2.24) is 0 Å². The van der Waals surface area contributed by atoms with Crippen molar-refractivity contribution in [3.8, 4) is 0 Å². The first-order chi connectivity index (χ1) is 12.6. The van der Waals surface area contributed by atoms with E-state index in [9.17, 15) is 14.7 Å². The second kappa shape index (κ2) is 6.83. The van der Waals surface area contributed by atoms with Crippen molar-refractivity contribution in [2.24, 2.45) is 11.8 Å². The van der Waals surface area contributed by atoms with E-state index in [4.69, 9.17) is 0 Å². The van der Waals surface area contributed by atoms with Crippen molar-refractivity contribution in [3.63, 3.8) is 0 Å². The molecular formula is C21H22N2O3. The van der Waals surface area contributed by atoms with Crippen molar-refractivity contribution in [3.05, 3.63) is 60.2 Å². The maximum Gasteiger partial charge on any atom is 0.308 e. The van der Waals surface area contributed by atoms with Gasteiger partial charge in [-0.15, -0.1) is 0 Å². The van der Waals surface area contributed by atoms with Gasteiger partial charge in [-0.1, -0.05) is 36.4 Å². The molecule has 0 spiro atoms. The monoisotopic (exact) mass is 350 g/mol. The molecule has 2 atom stereocenters. The fourth-order valence-corrected chi connectivity index (χ4v) is 4.03. The van der Waals surface area contributed by atoms with Crippen molar-refractivity contribution in [2.45, 2.75) is 12.8 Å². The first kappa shape index (κ1) is 16.6. The van der Waals surface area contributed by atoms with E-state index >= 15 is 0 Å². The third-order valence-corrected chi connectivity index (χ3v) is 5.43. The van der Waals surface area contributed by atoms with Gasteiger partial charge < -0.3 is 14.9 Å². The Kier molecular flexibility index (Phi) is 4.37. The maximum atomic E-state index is 13.2. The molecule has 2 aromatic carbocycles. The second-order valence-electron chi connectivity index (χ2n) is 7.08. The van der Waals surface area contributed by atoms with Gasteiger partial charge >= 0.3 is 5.97 Å². The lowest BCUT2D eigenvalue weighted by Crippen LogP contribution is -2.45. The van der Waals surface area contributed by atoms with Crippen LogP contribution in [0.2, 0.25) is 0 Å². The number of fused-ring (bicyclic) bond motifs is 1. The average Bonchev–Trinajstić information content (AvgIpc) is 3.17. The van der Waals surface area contributed by atoms with Crippen LogP contribution in [0.3, 0.4) is 0 Å². The number of carbonyl (C=O) groups excluding carboxylic acids is 1. The van der Waals surface area contributed by atoms with Gasteiger partial charge in [-0.25, -0.2) is 0 Å². The third-order valence-electron chi connectivity index (χ3n) is 5.43. The summed E-state index contributed by atoms with van der Waals surface area (Å²) in [7, 11) is 0. The molecule has 1 fully saturated rings. The van der Waals surface area contributed by atoms with Crippen LogP contribution in [0.4, 0.5) is 11.4 Å². The number of aliphatic carboxylic acids is 1. The Labute approximate surface area is 152 Å². The molecule has 0 aromatic heterocycles. The van der Waals surface area contributed by atoms with Gasteiger partial charge in [-0.05, 0) is 36.6 Å². The second-order valence-corrected chi connectivity index (χ2v) is 7.08. The minimum Gasteiger partial charge on any atom is -0.481 e. The highest BCUT2D eigenvalue weighted by atomic mass is 16.4. The summed E-state index contributed by atoms with van der Waals surface area (Å²) in [4.78, 5) is 28.7. The first-order valence-corrected chi connectivity index (χ1v) is 9.05. The van der Waals surface area contributed by atoms with Crippen molar-refractivity contribution in [2.75, 3.05) is 29.4 Å². The van der Waals surface area contributed by atoms with Gasteiger partial charge in [-0.3, -0.25) is 9.59 Å². The van der Waals surface area contributed by atoms with Gasteiger partial charge in [0, 0.05) is 31.0 Å². The van der Waals surface area contributed by atoms with Gasteiger partial charge in [0.2, 0.25) is 5.91 Å². The Morgan fingerprint density at radius 3 is 2.42 bits per heavy atom. The standard InChI is InChI=1S/C21H22N2O3/c24-20(16-10-11-22(13-16)18-7-2-1-3-8-18)23-14-17(21(25)26)12-15-6-4-5-9-19(15)23/h1-9,16-17H,10-14H2,(H,25,26). The van der Waals surface area contributed by atoms with Crippen LogP contribution in [-0.2, 0) is 16.0 Å². The number of para-hydroxylation sites is 2. The van der Waals surface area contributed by atoms with Gasteiger partial charge in [0.15, 0.2) is 0 Å². The van der Waals surface area contributed by atoms with Crippen LogP contribution in [0.15, 0.2) is 54.6 Å². The summed E-state index contributed by atoms with van der Waals surface area (Å²) < 4.78 is 0. The molecule has 2 aliphatic heterocycles. The number of hydrogen-bond acceptors (Lipinski definition) is 3. The van der Waals surface area contributed by atoms with Crippen LogP contribution in [0.25, 0.3) is 0 Å². The quantitative estimate of drug-likeness (QED) is 0.925. The van der Waals surface area contributed by atoms with Crippen LogP contribution < -0.4 is 9.80 Å². The zero-order chi connectivity index (χ0) is 18.1. The number of carbonyl (C=O) groups is 2. The minimum absolute atomic E-state index is 0.0434. The molecule has 134 valence electrons. The molecule has 1 N–H and O–H groups in total. The number of carboxylic acid groups (broad SMARTS) is 1. The smallest absolute Gasteiger partial charge is 0.308 e. The lowest BCUT2D eigenvalue weighted by molar-refractivity contribution is -0.141. The maximum absolute atomic E-state index is 13.2. The first-order valence-electron chi connectivity index (χ1n) is 9.05. The van der Waals surface area contributed by atoms with E-state index in [1.54, 1.807) is 4.90 Å². The largest absolute Gasteiger partial charge is 0.481 e. The average molecular weight is 350 g/mol. The molecule has 26 heavy (non-hydrogen) atoms. The number of hydrogen-bond donors (Lipinski definition) is 1. The van der Waals surface area contributed by atoms with E-state index in [1.807, 2.05) is 42.5 Å². The third kappa shape index (κ3) is 3.05. The zero-order valence-electron chi connectivity index (χ0n) is 14.5. The van der Waals surface area contributed by atoms with Crippen LogP contribution in [-0.4, -0.2) is 36.6 Å². The summed E-state index contributed by atoms with van der Waals surface area (Å²) in [5.41, 5.74) is 2.94. The molecule has 2 aliphatic rings. The molecular weight excluding hydrogens is 328 g/mol. The Hall–Kier alpha value is -2.82. The summed E-state index contributed by atoms with van der Waals surface area (Å²) in [6, 6.07) is 17.8. The highest BCUT2D eigenvalue weighted by Gasteiger charge is 2.37. The van der Waals surface area contributed by atoms with E-state index in [0.29, 0.717) is 13.0 Å². The lowest BCUT2D eigenvalue weighted by Gasteiger charge is -2.34. The van der Waals surface area contributed by atoms with Gasteiger partial charge in [-0.2, -0.15) is 0 Å². The SMILES string of the molecule is O=C(O)C1Cc2ccccc2N(C(=O)C2CCN(c3ccccc3)C2)C1. The van der Waals surface area contributed by atoms with E-state index < -0.39 is 11.9 Å². The molecule has 0 aliphatic carbocycles. The Morgan fingerprint density at radius 2 is 1.65 bits per heavy atom. The predicted octanol–water partition coefficient (Wildman–Crippen LogP) is 2.80. The van der Waals surface area contributed by atoms with E-state index in [0.717, 1.165) is 29.9 Å². The lowest BCUT2D eigenvalue weighted by atomic mass is 9.91. The molecule has 4 rings (SSSR count). The van der Waals surface area contributed by atoms with Crippen molar-refractivity contribution in [1.29, 1.82) is 0 Å². The number of anilines is 2. The van der Waals surface area contributed by atoms with Gasteiger partial charge in [0.05, 0.1) is 11.8 Å². The number of nitrogens with zero attached hydrogens (tertiary/aromatic N) is 2. The fraction of sp³-hybridized carbons (Fsp3) is 0.333. The van der Waals surface area contributed by atoms with Crippen LogP contribution in [0.1, 0.15) is 12.0 Å². The molecule has 2 aromatic rings. The number of carboxylic acids is 1. The normalized spacial score (nSPS) is 22.2. The summed E-state index contributed by atoms with van der Waals surface area (Å²) in [5, 5.41) is 9.47. The fourth-order valence-electron chi connectivity index (χ4n) is 4.03. The molecule has 2 heterocycles. The predicted molar refractivity (Wildman–Crippen MR) is 100 cm³/mol. The van der Waals surface area contributed by atoms with Crippen molar-refractivity contribution >= 4 is 23.3 Å². The molecule has 1 amide bonds. The molecule has 5 heteroatoms. The van der Waals surface area contributed by atoms with Gasteiger partial charge in [0.25, 0.3) is 0 Å². The molecule has 0 saturated carbocycles. The molecule has 1 saturated heterocycles. The Balaban J connectivity index is 1.55. The van der Waals surface area contributed by atoms with Crippen molar-refractivity contribution < 1.29 is 14.7 Å². The minimum atomic E-state index is -0.838. The van der Waals surface area contributed by atoms with Crippen LogP contribution in [0, 0.1) is 11.8 Å². The zero-order valence-corrected chi connectivity index (χ0v) is 14.5.